The number of hydrogen-bond donors (Lipinski definition) is 2. The van der Waals surface area contributed by atoms with Crippen LogP contribution in [0.25, 0.3) is 6.08 Å². The minimum atomic E-state index is -0.732. The van der Waals surface area contributed by atoms with Gasteiger partial charge in [-0.15, -0.1) is 0 Å². The number of carbonyl (C=O) groups excluding carboxylic acids is 1. The minimum absolute atomic E-state index is 0.0121. The normalized spacial score (nSPS) is 10.7. The van der Waals surface area contributed by atoms with E-state index in [1.165, 1.54) is 49.6 Å². The van der Waals surface area contributed by atoms with E-state index in [2.05, 4.69) is 5.32 Å². The van der Waals surface area contributed by atoms with E-state index in [9.17, 15) is 14.3 Å². The van der Waals surface area contributed by atoms with E-state index >= 15 is 0 Å². The molecule has 2 aromatic carbocycles. The fraction of sp³-hybridized carbons (Fsp3) is 0.0588. The zero-order valence-electron chi connectivity index (χ0n) is 12.2. The van der Waals surface area contributed by atoms with Crippen molar-refractivity contribution < 1.29 is 19.0 Å². The van der Waals surface area contributed by atoms with Crippen molar-refractivity contribution in [3.05, 3.63) is 59.4 Å². The number of benzene rings is 2. The minimum Gasteiger partial charge on any atom is -0.504 e. The second kappa shape index (κ2) is 7.09. The number of rotatable bonds is 4. The molecule has 0 fully saturated rings. The molecule has 0 radical (unpaired) electrons. The van der Waals surface area contributed by atoms with Crippen LogP contribution in [-0.2, 0) is 4.79 Å². The van der Waals surface area contributed by atoms with E-state index in [-0.39, 0.29) is 22.8 Å². The van der Waals surface area contributed by atoms with Crippen molar-refractivity contribution in [1.29, 1.82) is 5.26 Å². The van der Waals surface area contributed by atoms with E-state index in [0.717, 1.165) is 0 Å². The van der Waals surface area contributed by atoms with Gasteiger partial charge in [-0.25, -0.2) is 4.39 Å². The van der Waals surface area contributed by atoms with Gasteiger partial charge in [0, 0.05) is 0 Å². The first kappa shape index (κ1) is 16.0. The summed E-state index contributed by atoms with van der Waals surface area (Å²) in [5.41, 5.74) is 0.266. The van der Waals surface area contributed by atoms with Gasteiger partial charge in [0.05, 0.1) is 12.8 Å². The molecule has 0 atom stereocenters. The molecule has 0 unspecified atom stereocenters. The predicted octanol–water partition coefficient (Wildman–Crippen LogP) is 3.09. The van der Waals surface area contributed by atoms with Gasteiger partial charge in [0.2, 0.25) is 0 Å². The van der Waals surface area contributed by atoms with Crippen LogP contribution in [0, 0.1) is 17.1 Å². The second-order valence-electron chi connectivity index (χ2n) is 4.54. The van der Waals surface area contributed by atoms with Crippen molar-refractivity contribution in [3.63, 3.8) is 0 Å². The maximum atomic E-state index is 13.5. The maximum absolute atomic E-state index is 13.5. The second-order valence-corrected chi connectivity index (χ2v) is 4.54. The Labute approximate surface area is 132 Å². The first-order valence-corrected chi connectivity index (χ1v) is 6.60. The number of nitrogens with zero attached hydrogens (tertiary/aromatic N) is 1. The van der Waals surface area contributed by atoms with Crippen molar-refractivity contribution in [2.75, 3.05) is 12.4 Å². The molecule has 0 aliphatic rings. The number of nitriles is 1. The molecule has 2 rings (SSSR count). The molecule has 0 spiro atoms. The van der Waals surface area contributed by atoms with Gasteiger partial charge in [-0.2, -0.15) is 5.26 Å². The lowest BCUT2D eigenvalue weighted by molar-refractivity contribution is -0.112. The van der Waals surface area contributed by atoms with Crippen LogP contribution in [0.5, 0.6) is 11.5 Å². The molecule has 6 heteroatoms. The third-order valence-electron chi connectivity index (χ3n) is 3.00. The van der Waals surface area contributed by atoms with Crippen molar-refractivity contribution in [1.82, 2.24) is 0 Å². The molecule has 116 valence electrons. The van der Waals surface area contributed by atoms with E-state index in [4.69, 9.17) is 10.00 Å². The lowest BCUT2D eigenvalue weighted by Crippen LogP contribution is -2.14. The first-order chi connectivity index (χ1) is 11.0. The van der Waals surface area contributed by atoms with Gasteiger partial charge in [0.15, 0.2) is 11.5 Å². The summed E-state index contributed by atoms with van der Waals surface area (Å²) in [6, 6.07) is 11.8. The number of carbonyl (C=O) groups is 1. The molecule has 1 amide bonds. The van der Waals surface area contributed by atoms with Crippen LogP contribution < -0.4 is 10.1 Å². The number of anilines is 1. The smallest absolute Gasteiger partial charge is 0.266 e. The van der Waals surface area contributed by atoms with Crippen molar-refractivity contribution in [2.45, 2.75) is 0 Å². The number of halogens is 1. The summed E-state index contributed by atoms with van der Waals surface area (Å²) in [6.07, 6.45) is 1.32. The SMILES string of the molecule is COc1cc(/C=C(\C#N)C(=O)Nc2ccccc2F)ccc1O. The van der Waals surface area contributed by atoms with E-state index in [1.54, 1.807) is 12.1 Å². The average Bonchev–Trinajstić information content (AvgIpc) is 2.56. The molecular formula is C17H13FN2O3. The Hall–Kier alpha value is -3.33. The van der Waals surface area contributed by atoms with Crippen LogP contribution in [0.3, 0.4) is 0 Å². The molecular weight excluding hydrogens is 299 g/mol. The summed E-state index contributed by atoms with van der Waals surface area (Å²) in [4.78, 5) is 12.1. The maximum Gasteiger partial charge on any atom is 0.266 e. The van der Waals surface area contributed by atoms with Gasteiger partial charge in [-0.1, -0.05) is 18.2 Å². The van der Waals surface area contributed by atoms with Gasteiger partial charge < -0.3 is 15.2 Å². The Kier molecular flexibility index (Phi) is 4.95. The van der Waals surface area contributed by atoms with Crippen LogP contribution >= 0.6 is 0 Å². The summed E-state index contributed by atoms with van der Waals surface area (Å²) < 4.78 is 18.5. The highest BCUT2D eigenvalue weighted by atomic mass is 19.1. The molecule has 0 saturated carbocycles. The van der Waals surface area contributed by atoms with Crippen molar-refractivity contribution in [2.24, 2.45) is 0 Å². The number of phenols is 1. The van der Waals surface area contributed by atoms with Crippen LogP contribution in [-0.4, -0.2) is 18.1 Å². The van der Waals surface area contributed by atoms with Crippen LogP contribution in [0.15, 0.2) is 48.0 Å². The highest BCUT2D eigenvalue weighted by Gasteiger charge is 2.12. The van der Waals surface area contributed by atoms with Gasteiger partial charge in [-0.05, 0) is 35.9 Å². The van der Waals surface area contributed by atoms with Crippen LogP contribution in [0.2, 0.25) is 0 Å². The summed E-state index contributed by atoms with van der Waals surface area (Å²) >= 11 is 0. The first-order valence-electron chi connectivity index (χ1n) is 6.60. The highest BCUT2D eigenvalue weighted by molar-refractivity contribution is 6.09. The summed E-state index contributed by atoms with van der Waals surface area (Å²) in [7, 11) is 1.39. The number of aromatic hydroxyl groups is 1. The number of methoxy groups -OCH3 is 1. The van der Waals surface area contributed by atoms with Gasteiger partial charge >= 0.3 is 0 Å². The Balaban J connectivity index is 2.27. The van der Waals surface area contributed by atoms with Gasteiger partial charge in [0.25, 0.3) is 5.91 Å². The number of nitrogens with one attached hydrogen (secondary N) is 1. The largest absolute Gasteiger partial charge is 0.504 e. The molecule has 0 aliphatic heterocycles. The van der Waals surface area contributed by atoms with Crippen LogP contribution in [0.4, 0.5) is 10.1 Å². The monoisotopic (exact) mass is 312 g/mol. The van der Waals surface area contributed by atoms with Gasteiger partial charge in [-0.3, -0.25) is 4.79 Å². The third-order valence-corrected chi connectivity index (χ3v) is 3.00. The molecule has 2 N–H and O–H groups in total. The van der Waals surface area contributed by atoms with E-state index in [1.807, 2.05) is 0 Å². The molecule has 23 heavy (non-hydrogen) atoms. The Bertz CT molecular complexity index is 810. The molecule has 0 heterocycles. The fourth-order valence-corrected chi connectivity index (χ4v) is 1.85. The Morgan fingerprint density at radius 2 is 2.09 bits per heavy atom. The quantitative estimate of drug-likeness (QED) is 0.671. The number of hydrogen-bond acceptors (Lipinski definition) is 4. The Morgan fingerprint density at radius 1 is 1.35 bits per heavy atom. The molecule has 2 aromatic rings. The zero-order chi connectivity index (χ0) is 16.8. The fourth-order valence-electron chi connectivity index (χ4n) is 1.85. The summed E-state index contributed by atoms with van der Waals surface area (Å²) in [6.45, 7) is 0. The predicted molar refractivity (Wildman–Crippen MR) is 83.3 cm³/mol. The Morgan fingerprint density at radius 3 is 2.74 bits per heavy atom. The highest BCUT2D eigenvalue weighted by Crippen LogP contribution is 2.27. The van der Waals surface area contributed by atoms with Crippen LogP contribution in [0.1, 0.15) is 5.56 Å². The molecule has 0 aromatic heterocycles. The molecule has 0 aliphatic carbocycles. The lowest BCUT2D eigenvalue weighted by atomic mass is 10.1. The summed E-state index contributed by atoms with van der Waals surface area (Å²) in [5.74, 6) is -1.17. The van der Waals surface area contributed by atoms with Gasteiger partial charge in [0.1, 0.15) is 17.5 Å². The number of phenolic OH excluding ortho intramolecular Hbond substituents is 1. The van der Waals surface area contributed by atoms with Crippen molar-refractivity contribution in [3.8, 4) is 17.6 Å². The zero-order valence-corrected chi connectivity index (χ0v) is 12.2. The summed E-state index contributed by atoms with van der Waals surface area (Å²) in [5, 5.41) is 21.0. The topological polar surface area (TPSA) is 82.3 Å². The van der Waals surface area contributed by atoms with E-state index < -0.39 is 11.7 Å². The average molecular weight is 312 g/mol. The number of ether oxygens (including phenoxy) is 1. The third kappa shape index (κ3) is 3.86. The van der Waals surface area contributed by atoms with Crippen molar-refractivity contribution >= 4 is 17.7 Å². The number of para-hydroxylation sites is 1. The lowest BCUT2D eigenvalue weighted by Gasteiger charge is -2.06. The molecule has 0 saturated heterocycles. The standard InChI is InChI=1S/C17H13FN2O3/c1-23-16-9-11(6-7-15(16)21)8-12(10-19)17(22)20-14-5-3-2-4-13(14)18/h2-9,21H,1H3,(H,20,22)/b12-8+. The number of amides is 1. The molecule has 0 bridgehead atoms. The van der Waals surface area contributed by atoms with E-state index in [0.29, 0.717) is 5.56 Å². The molecule has 5 nitrogen and oxygen atoms in total.